The van der Waals surface area contributed by atoms with E-state index in [1.807, 2.05) is 0 Å². The molecule has 0 N–H and O–H groups in total. The first kappa shape index (κ1) is 15.3. The normalized spacial score (nSPS) is 23.0. The van der Waals surface area contributed by atoms with Gasteiger partial charge in [-0.05, 0) is 25.7 Å². The van der Waals surface area contributed by atoms with Gasteiger partial charge in [-0.2, -0.15) is 0 Å². The van der Waals surface area contributed by atoms with Crippen LogP contribution in [0.3, 0.4) is 0 Å². The van der Waals surface area contributed by atoms with Crippen molar-refractivity contribution in [2.45, 2.75) is 71.6 Å². The van der Waals surface area contributed by atoms with Gasteiger partial charge in [0.2, 0.25) is 0 Å². The maximum atomic E-state index is 2.47. The summed E-state index contributed by atoms with van der Waals surface area (Å²) in [5.41, 5.74) is 0.326. The Labute approximate surface area is 114 Å². The molecule has 0 heteroatoms. The first-order chi connectivity index (χ1) is 8.83. The van der Waals surface area contributed by atoms with E-state index in [1.165, 1.54) is 57.8 Å². The van der Waals surface area contributed by atoms with Crippen LogP contribution in [-0.2, 0) is 0 Å². The molecular formula is C18H30. The molecule has 1 rings (SSSR count). The van der Waals surface area contributed by atoms with E-state index in [4.69, 9.17) is 0 Å². The van der Waals surface area contributed by atoms with Crippen LogP contribution in [0, 0.1) is 5.41 Å². The Balaban J connectivity index is 2.28. The highest BCUT2D eigenvalue weighted by Gasteiger charge is 2.22. The van der Waals surface area contributed by atoms with E-state index in [2.05, 4.69) is 50.3 Å². The van der Waals surface area contributed by atoms with Crippen LogP contribution in [0.25, 0.3) is 0 Å². The fourth-order valence-corrected chi connectivity index (χ4v) is 2.72. The Morgan fingerprint density at radius 1 is 1.00 bits per heavy atom. The molecule has 0 aromatic carbocycles. The van der Waals surface area contributed by atoms with E-state index >= 15 is 0 Å². The minimum Gasteiger partial charge on any atom is -0.0877 e. The molecule has 0 bridgehead atoms. The molecule has 102 valence electrons. The minimum atomic E-state index is 0.326. The van der Waals surface area contributed by atoms with Crippen LogP contribution in [0.5, 0.6) is 0 Å². The predicted molar refractivity (Wildman–Crippen MR) is 82.8 cm³/mol. The Morgan fingerprint density at radius 2 is 1.83 bits per heavy atom. The largest absolute Gasteiger partial charge is 0.0877 e. The van der Waals surface area contributed by atoms with Crippen molar-refractivity contribution in [3.63, 3.8) is 0 Å². The number of allylic oxidation sites excluding steroid dienone is 6. The van der Waals surface area contributed by atoms with Gasteiger partial charge in [0.05, 0.1) is 0 Å². The van der Waals surface area contributed by atoms with Crippen LogP contribution in [0.1, 0.15) is 71.6 Å². The third kappa shape index (κ3) is 5.71. The molecule has 0 saturated carbocycles. The molecule has 0 radical (unpaired) electrons. The van der Waals surface area contributed by atoms with Crippen LogP contribution in [0.15, 0.2) is 36.5 Å². The lowest BCUT2D eigenvalue weighted by molar-refractivity contribution is 0.444. The minimum absolute atomic E-state index is 0.326. The highest BCUT2D eigenvalue weighted by atomic mass is 14.3. The fraction of sp³-hybridized carbons (Fsp3) is 0.667. The van der Waals surface area contributed by atoms with Crippen LogP contribution >= 0.6 is 0 Å². The van der Waals surface area contributed by atoms with Crippen molar-refractivity contribution >= 4 is 0 Å². The number of hydrogen-bond acceptors (Lipinski definition) is 0. The Morgan fingerprint density at radius 3 is 2.50 bits per heavy atom. The van der Waals surface area contributed by atoms with Gasteiger partial charge in [0.15, 0.2) is 0 Å². The fourth-order valence-electron chi connectivity index (χ4n) is 2.72. The molecule has 1 unspecified atom stereocenters. The predicted octanol–water partition coefficient (Wildman–Crippen LogP) is 6.21. The molecule has 0 nitrogen and oxygen atoms in total. The van der Waals surface area contributed by atoms with Gasteiger partial charge in [0, 0.05) is 5.41 Å². The summed E-state index contributed by atoms with van der Waals surface area (Å²) in [6.45, 7) is 4.56. The van der Waals surface area contributed by atoms with Crippen LogP contribution in [0.4, 0.5) is 0 Å². The van der Waals surface area contributed by atoms with Crippen molar-refractivity contribution in [1.82, 2.24) is 0 Å². The van der Waals surface area contributed by atoms with Gasteiger partial charge < -0.3 is 0 Å². The molecule has 1 aliphatic carbocycles. The van der Waals surface area contributed by atoms with Crippen LogP contribution in [0.2, 0.25) is 0 Å². The second kappa shape index (κ2) is 9.19. The third-order valence-corrected chi connectivity index (χ3v) is 3.81. The number of rotatable bonds is 9. The highest BCUT2D eigenvalue weighted by molar-refractivity contribution is 5.22. The van der Waals surface area contributed by atoms with Gasteiger partial charge in [-0.1, -0.05) is 82.4 Å². The van der Waals surface area contributed by atoms with E-state index in [-0.39, 0.29) is 0 Å². The summed E-state index contributed by atoms with van der Waals surface area (Å²) >= 11 is 0. The average molecular weight is 246 g/mol. The molecule has 0 saturated heterocycles. The molecule has 18 heavy (non-hydrogen) atoms. The number of unbranched alkanes of at least 4 members (excludes halogenated alkanes) is 5. The first-order valence-electron chi connectivity index (χ1n) is 7.85. The molecule has 0 spiro atoms. The molecule has 1 aliphatic rings. The lowest BCUT2D eigenvalue weighted by Crippen LogP contribution is -2.15. The van der Waals surface area contributed by atoms with Gasteiger partial charge in [0.1, 0.15) is 0 Å². The average Bonchev–Trinajstić information content (AvgIpc) is 2.39. The maximum Gasteiger partial charge on any atom is 0.00985 e. The monoisotopic (exact) mass is 246 g/mol. The van der Waals surface area contributed by atoms with Crippen LogP contribution in [-0.4, -0.2) is 0 Å². The standard InChI is InChI=1S/C18H30/c1-3-5-6-7-8-9-11-15-18(14-4-2)16-12-10-13-17-18/h10-13,15-16H,3-9,14,17H2,1-2H3. The molecular weight excluding hydrogens is 216 g/mol. The molecule has 1 atom stereocenters. The zero-order valence-electron chi connectivity index (χ0n) is 12.3. The van der Waals surface area contributed by atoms with E-state index in [0.717, 1.165) is 0 Å². The van der Waals surface area contributed by atoms with Gasteiger partial charge in [-0.25, -0.2) is 0 Å². The van der Waals surface area contributed by atoms with E-state index in [9.17, 15) is 0 Å². The highest BCUT2D eigenvalue weighted by Crippen LogP contribution is 2.34. The van der Waals surface area contributed by atoms with Crippen molar-refractivity contribution in [2.75, 3.05) is 0 Å². The summed E-state index contributed by atoms with van der Waals surface area (Å²) in [5, 5.41) is 0. The smallest absolute Gasteiger partial charge is 0.00985 e. The third-order valence-electron chi connectivity index (χ3n) is 3.81. The SMILES string of the molecule is CCCCCCCC=CC1(CCC)C=CC=CC1. The quantitative estimate of drug-likeness (QED) is 0.335. The molecule has 0 aromatic rings. The summed E-state index contributed by atoms with van der Waals surface area (Å²) < 4.78 is 0. The molecule has 0 aliphatic heterocycles. The molecule has 0 fully saturated rings. The number of hydrogen-bond donors (Lipinski definition) is 0. The lowest BCUT2D eigenvalue weighted by Gasteiger charge is -2.27. The van der Waals surface area contributed by atoms with Crippen molar-refractivity contribution in [2.24, 2.45) is 5.41 Å². The van der Waals surface area contributed by atoms with Crippen molar-refractivity contribution in [3.8, 4) is 0 Å². The molecule has 0 heterocycles. The zero-order chi connectivity index (χ0) is 13.1. The topological polar surface area (TPSA) is 0 Å². The van der Waals surface area contributed by atoms with E-state index in [0.29, 0.717) is 5.41 Å². The van der Waals surface area contributed by atoms with Crippen molar-refractivity contribution < 1.29 is 0 Å². The lowest BCUT2D eigenvalue weighted by atomic mass is 9.77. The summed E-state index contributed by atoms with van der Waals surface area (Å²) in [5.74, 6) is 0. The molecule has 0 aromatic heterocycles. The molecule has 0 amide bonds. The summed E-state index contributed by atoms with van der Waals surface area (Å²) in [4.78, 5) is 0. The van der Waals surface area contributed by atoms with Crippen molar-refractivity contribution in [1.29, 1.82) is 0 Å². The summed E-state index contributed by atoms with van der Waals surface area (Å²) in [6.07, 6.45) is 25.9. The zero-order valence-corrected chi connectivity index (χ0v) is 12.3. The van der Waals surface area contributed by atoms with Crippen LogP contribution < -0.4 is 0 Å². The van der Waals surface area contributed by atoms with Gasteiger partial charge in [0.25, 0.3) is 0 Å². The second-order valence-electron chi connectivity index (χ2n) is 5.58. The maximum absolute atomic E-state index is 2.47. The Kier molecular flexibility index (Phi) is 7.80. The van der Waals surface area contributed by atoms with Gasteiger partial charge in [-0.15, -0.1) is 0 Å². The second-order valence-corrected chi connectivity index (χ2v) is 5.58. The van der Waals surface area contributed by atoms with Gasteiger partial charge >= 0.3 is 0 Å². The Hall–Kier alpha value is -0.780. The van der Waals surface area contributed by atoms with Gasteiger partial charge in [-0.3, -0.25) is 0 Å². The first-order valence-corrected chi connectivity index (χ1v) is 7.85. The summed E-state index contributed by atoms with van der Waals surface area (Å²) in [7, 11) is 0. The Bertz CT molecular complexity index is 282. The van der Waals surface area contributed by atoms with E-state index < -0.39 is 0 Å². The summed E-state index contributed by atoms with van der Waals surface area (Å²) in [6, 6.07) is 0. The van der Waals surface area contributed by atoms with Crippen molar-refractivity contribution in [3.05, 3.63) is 36.5 Å². The van der Waals surface area contributed by atoms with E-state index in [1.54, 1.807) is 0 Å².